The fraction of sp³-hybridized carbons (Fsp3) is 0.409. The third-order valence-electron chi connectivity index (χ3n) is 4.76. The minimum atomic E-state index is -3.67. The number of nitrogens with one attached hydrogen (secondary N) is 2. The van der Waals surface area contributed by atoms with Gasteiger partial charge in [-0.3, -0.25) is 4.79 Å². The third-order valence-corrected chi connectivity index (χ3v) is 6.24. The van der Waals surface area contributed by atoms with Crippen LogP contribution in [0.1, 0.15) is 37.3 Å². The predicted octanol–water partition coefficient (Wildman–Crippen LogP) is 2.82. The van der Waals surface area contributed by atoms with E-state index in [1.165, 1.54) is 21.3 Å². The average molecular weight is 451 g/mol. The van der Waals surface area contributed by atoms with Crippen molar-refractivity contribution in [2.75, 3.05) is 27.9 Å². The van der Waals surface area contributed by atoms with Gasteiger partial charge in [-0.1, -0.05) is 26.0 Å². The van der Waals surface area contributed by atoms with Crippen molar-refractivity contribution < 1.29 is 27.4 Å². The first kappa shape index (κ1) is 24.5. The van der Waals surface area contributed by atoms with E-state index < -0.39 is 10.0 Å². The molecule has 170 valence electrons. The molecule has 0 atom stereocenters. The molecular formula is C22H30N2O6S. The van der Waals surface area contributed by atoms with Gasteiger partial charge in [0.1, 0.15) is 5.75 Å². The van der Waals surface area contributed by atoms with Crippen LogP contribution in [-0.2, 0) is 21.4 Å². The summed E-state index contributed by atoms with van der Waals surface area (Å²) in [6.45, 7) is 4.27. The van der Waals surface area contributed by atoms with Crippen molar-refractivity contribution in [1.29, 1.82) is 0 Å². The summed E-state index contributed by atoms with van der Waals surface area (Å²) in [5.74, 6) is 1.60. The van der Waals surface area contributed by atoms with Crippen LogP contribution >= 0.6 is 0 Å². The van der Waals surface area contributed by atoms with Crippen LogP contribution in [0.5, 0.6) is 17.2 Å². The number of rotatable bonds is 11. The van der Waals surface area contributed by atoms with Crippen molar-refractivity contribution >= 4 is 15.9 Å². The predicted molar refractivity (Wildman–Crippen MR) is 118 cm³/mol. The summed E-state index contributed by atoms with van der Waals surface area (Å²) >= 11 is 0. The Labute approximate surface area is 184 Å². The summed E-state index contributed by atoms with van der Waals surface area (Å²) in [6.07, 6.45) is -0.00108. The van der Waals surface area contributed by atoms with Gasteiger partial charge in [-0.05, 0) is 29.7 Å². The van der Waals surface area contributed by atoms with E-state index in [4.69, 9.17) is 14.2 Å². The summed E-state index contributed by atoms with van der Waals surface area (Å²) in [7, 11) is 0.899. The Kier molecular flexibility index (Phi) is 8.70. The first-order valence-electron chi connectivity index (χ1n) is 9.87. The highest BCUT2D eigenvalue weighted by Gasteiger charge is 2.16. The Bertz CT molecular complexity index is 988. The number of amides is 1. The van der Waals surface area contributed by atoms with Crippen LogP contribution in [0.25, 0.3) is 0 Å². The molecule has 8 nitrogen and oxygen atoms in total. The van der Waals surface area contributed by atoms with Crippen LogP contribution in [-0.4, -0.2) is 42.2 Å². The number of methoxy groups -OCH3 is 3. The average Bonchev–Trinajstić information content (AvgIpc) is 2.76. The van der Waals surface area contributed by atoms with Gasteiger partial charge in [0, 0.05) is 31.1 Å². The molecule has 0 radical (unpaired) electrons. The summed E-state index contributed by atoms with van der Waals surface area (Å²) in [4.78, 5) is 12.4. The highest BCUT2D eigenvalue weighted by atomic mass is 32.2. The van der Waals surface area contributed by atoms with E-state index >= 15 is 0 Å². The van der Waals surface area contributed by atoms with Gasteiger partial charge in [0.2, 0.25) is 15.9 Å². The van der Waals surface area contributed by atoms with Crippen LogP contribution < -0.4 is 24.2 Å². The largest absolute Gasteiger partial charge is 0.496 e. The molecule has 2 rings (SSSR count). The minimum Gasteiger partial charge on any atom is -0.496 e. The van der Waals surface area contributed by atoms with Gasteiger partial charge >= 0.3 is 0 Å². The second-order valence-electron chi connectivity index (χ2n) is 7.17. The number of benzene rings is 2. The quantitative estimate of drug-likeness (QED) is 0.546. The summed E-state index contributed by atoms with van der Waals surface area (Å²) < 4.78 is 43.1. The van der Waals surface area contributed by atoms with Gasteiger partial charge in [0.25, 0.3) is 0 Å². The lowest BCUT2D eigenvalue weighted by Crippen LogP contribution is -2.30. The zero-order chi connectivity index (χ0) is 23.0. The van der Waals surface area contributed by atoms with E-state index in [9.17, 15) is 13.2 Å². The van der Waals surface area contributed by atoms with Crippen LogP contribution in [0.3, 0.4) is 0 Å². The van der Waals surface area contributed by atoms with Gasteiger partial charge in [0.05, 0.1) is 26.2 Å². The van der Waals surface area contributed by atoms with Gasteiger partial charge in [-0.2, -0.15) is 0 Å². The van der Waals surface area contributed by atoms with Crippen LogP contribution in [0.2, 0.25) is 0 Å². The molecule has 0 aliphatic rings. The molecule has 0 heterocycles. The van der Waals surface area contributed by atoms with E-state index in [0.29, 0.717) is 28.7 Å². The van der Waals surface area contributed by atoms with Gasteiger partial charge in [0.15, 0.2) is 11.5 Å². The molecule has 0 saturated heterocycles. The molecule has 0 unspecified atom stereocenters. The number of hydrogen-bond donors (Lipinski definition) is 2. The molecular weight excluding hydrogens is 420 g/mol. The number of sulfonamides is 1. The number of ether oxygens (including phenoxy) is 3. The topological polar surface area (TPSA) is 103 Å². The number of hydrogen-bond acceptors (Lipinski definition) is 6. The van der Waals surface area contributed by atoms with Gasteiger partial charge in [-0.25, -0.2) is 13.1 Å². The van der Waals surface area contributed by atoms with E-state index in [2.05, 4.69) is 10.0 Å². The normalized spacial score (nSPS) is 11.3. The first-order chi connectivity index (χ1) is 14.7. The Balaban J connectivity index is 1.91. The lowest BCUT2D eigenvalue weighted by Gasteiger charge is -2.14. The molecule has 0 spiro atoms. The maximum atomic E-state index is 12.4. The molecule has 2 aromatic rings. The highest BCUT2D eigenvalue weighted by molar-refractivity contribution is 7.89. The monoisotopic (exact) mass is 450 g/mol. The maximum Gasteiger partial charge on any atom is 0.240 e. The fourth-order valence-electron chi connectivity index (χ4n) is 2.93. The maximum absolute atomic E-state index is 12.4. The Hall–Kier alpha value is -2.78. The minimum absolute atomic E-state index is 0.00108. The molecule has 2 N–H and O–H groups in total. The summed E-state index contributed by atoms with van der Waals surface area (Å²) in [5, 5.41) is 2.76. The van der Waals surface area contributed by atoms with Gasteiger partial charge in [-0.15, -0.1) is 0 Å². The molecule has 0 saturated carbocycles. The van der Waals surface area contributed by atoms with Crippen molar-refractivity contribution in [2.45, 2.75) is 37.6 Å². The molecule has 0 bridgehead atoms. The van der Waals surface area contributed by atoms with E-state index in [-0.39, 0.29) is 30.3 Å². The fourth-order valence-corrected chi connectivity index (χ4v) is 3.96. The smallest absolute Gasteiger partial charge is 0.240 e. The van der Waals surface area contributed by atoms with Crippen molar-refractivity contribution in [3.63, 3.8) is 0 Å². The van der Waals surface area contributed by atoms with Crippen LogP contribution in [0.4, 0.5) is 0 Å². The summed E-state index contributed by atoms with van der Waals surface area (Å²) in [5.41, 5.74) is 1.77. The zero-order valence-corrected chi connectivity index (χ0v) is 19.3. The van der Waals surface area contributed by atoms with Crippen molar-refractivity contribution in [3.8, 4) is 17.2 Å². The van der Waals surface area contributed by atoms with Crippen molar-refractivity contribution in [2.24, 2.45) is 0 Å². The molecule has 31 heavy (non-hydrogen) atoms. The molecule has 0 fully saturated rings. The lowest BCUT2D eigenvalue weighted by atomic mass is 10.0. The van der Waals surface area contributed by atoms with Crippen molar-refractivity contribution in [1.82, 2.24) is 10.0 Å². The van der Waals surface area contributed by atoms with Gasteiger partial charge < -0.3 is 19.5 Å². The van der Waals surface area contributed by atoms with Crippen molar-refractivity contribution in [3.05, 3.63) is 47.5 Å². The molecule has 0 aliphatic heterocycles. The SMILES string of the molecule is COc1cc(OC)c(OC)cc1CNC(=O)CCNS(=O)(=O)c1ccc(C(C)C)cc1. The summed E-state index contributed by atoms with van der Waals surface area (Å²) in [6, 6.07) is 10.1. The van der Waals surface area contributed by atoms with E-state index in [1.807, 2.05) is 13.8 Å². The van der Waals surface area contributed by atoms with Crippen LogP contribution in [0, 0.1) is 0 Å². The van der Waals surface area contributed by atoms with E-state index in [0.717, 1.165) is 5.56 Å². The highest BCUT2D eigenvalue weighted by Crippen LogP contribution is 2.34. The lowest BCUT2D eigenvalue weighted by molar-refractivity contribution is -0.121. The Morgan fingerprint density at radius 2 is 1.52 bits per heavy atom. The number of carbonyl (C=O) groups excluding carboxylic acids is 1. The molecule has 2 aromatic carbocycles. The molecule has 0 aliphatic carbocycles. The first-order valence-corrected chi connectivity index (χ1v) is 11.3. The van der Waals surface area contributed by atoms with Crippen LogP contribution in [0.15, 0.2) is 41.3 Å². The zero-order valence-electron chi connectivity index (χ0n) is 18.5. The second kappa shape index (κ2) is 11.0. The molecule has 1 amide bonds. The Morgan fingerprint density at radius 3 is 2.06 bits per heavy atom. The standard InChI is InChI=1S/C22H30N2O6S/c1-15(2)16-6-8-18(9-7-16)31(26,27)24-11-10-22(25)23-14-17-12-20(29-4)21(30-5)13-19(17)28-3/h6-9,12-13,15,24H,10-11,14H2,1-5H3,(H,23,25). The van der Waals surface area contributed by atoms with E-state index in [1.54, 1.807) is 36.4 Å². The third kappa shape index (κ3) is 6.60. The molecule has 0 aromatic heterocycles. The molecule has 9 heteroatoms. The number of carbonyl (C=O) groups is 1. The Morgan fingerprint density at radius 1 is 0.935 bits per heavy atom. The second-order valence-corrected chi connectivity index (χ2v) is 8.93.